The van der Waals surface area contributed by atoms with E-state index in [2.05, 4.69) is 4.74 Å². The van der Waals surface area contributed by atoms with Gasteiger partial charge in [-0.25, -0.2) is 4.79 Å². The van der Waals surface area contributed by atoms with E-state index < -0.39 is 11.9 Å². The first-order valence-corrected chi connectivity index (χ1v) is 7.54. The van der Waals surface area contributed by atoms with Crippen LogP contribution in [-0.2, 0) is 4.74 Å². The highest BCUT2D eigenvalue weighted by Crippen LogP contribution is 2.38. The third kappa shape index (κ3) is 2.53. The Hall–Kier alpha value is -2.53. The molecular formula is C18H15NO3S. The number of Topliss-reactive ketones (excluding diaryl/α,β-unsaturated/α-hetero) is 1. The molecule has 0 N–H and O–H groups in total. The standard InChI is InChI=1S/C18H15NO3S/c1-19-14-6-4-3-5-13(14)15(17(19)23)16(20)11-7-9-12(10-8-11)18(21)22-2/h3-10,15H,1-2H3. The Morgan fingerprint density at radius 3 is 2.30 bits per heavy atom. The first-order valence-electron chi connectivity index (χ1n) is 7.13. The second-order valence-corrected chi connectivity index (χ2v) is 5.74. The Balaban J connectivity index is 1.95. The van der Waals surface area contributed by atoms with Crippen molar-refractivity contribution in [3.05, 3.63) is 65.2 Å². The number of ketones is 1. The van der Waals surface area contributed by atoms with Gasteiger partial charge in [0.2, 0.25) is 0 Å². The fourth-order valence-electron chi connectivity index (χ4n) is 2.79. The van der Waals surface area contributed by atoms with Gasteiger partial charge in [0, 0.05) is 18.3 Å². The highest BCUT2D eigenvalue weighted by Gasteiger charge is 2.37. The topological polar surface area (TPSA) is 46.6 Å². The largest absolute Gasteiger partial charge is 0.465 e. The summed E-state index contributed by atoms with van der Waals surface area (Å²) in [5, 5.41) is 0. The molecule has 4 nitrogen and oxygen atoms in total. The minimum absolute atomic E-state index is 0.0665. The van der Waals surface area contributed by atoms with Gasteiger partial charge < -0.3 is 9.64 Å². The number of fused-ring (bicyclic) bond motifs is 1. The lowest BCUT2D eigenvalue weighted by Gasteiger charge is -2.14. The Labute approximate surface area is 139 Å². The van der Waals surface area contributed by atoms with Crippen LogP contribution in [0.5, 0.6) is 0 Å². The average Bonchev–Trinajstić information content (AvgIpc) is 2.85. The number of thiocarbonyl (C=S) groups is 1. The number of ether oxygens (including phenoxy) is 1. The monoisotopic (exact) mass is 325 g/mol. The van der Waals surface area contributed by atoms with Crippen molar-refractivity contribution >= 4 is 34.6 Å². The van der Waals surface area contributed by atoms with Gasteiger partial charge in [-0.2, -0.15) is 0 Å². The summed E-state index contributed by atoms with van der Waals surface area (Å²) < 4.78 is 4.66. The zero-order chi connectivity index (χ0) is 16.6. The van der Waals surface area contributed by atoms with Gasteiger partial charge in [-0.1, -0.05) is 42.5 Å². The van der Waals surface area contributed by atoms with Crippen LogP contribution in [0, 0.1) is 0 Å². The van der Waals surface area contributed by atoms with Gasteiger partial charge in [-0.05, 0) is 23.8 Å². The fourth-order valence-corrected chi connectivity index (χ4v) is 3.12. The van der Waals surface area contributed by atoms with Crippen molar-refractivity contribution in [1.82, 2.24) is 0 Å². The minimum atomic E-state index is -0.463. The van der Waals surface area contributed by atoms with Crippen LogP contribution in [0.15, 0.2) is 48.5 Å². The van der Waals surface area contributed by atoms with Crippen molar-refractivity contribution in [2.24, 2.45) is 0 Å². The number of nitrogens with zero attached hydrogens (tertiary/aromatic N) is 1. The number of hydrogen-bond acceptors (Lipinski definition) is 4. The number of rotatable bonds is 3. The van der Waals surface area contributed by atoms with Crippen molar-refractivity contribution in [1.29, 1.82) is 0 Å². The summed E-state index contributed by atoms with van der Waals surface area (Å²) in [4.78, 5) is 26.8. The summed E-state index contributed by atoms with van der Waals surface area (Å²) in [6.45, 7) is 0. The van der Waals surface area contributed by atoms with E-state index in [9.17, 15) is 9.59 Å². The third-order valence-corrected chi connectivity index (χ3v) is 4.55. The number of hydrogen-bond donors (Lipinski definition) is 0. The molecule has 0 saturated heterocycles. The lowest BCUT2D eigenvalue weighted by atomic mass is 9.92. The maximum Gasteiger partial charge on any atom is 0.337 e. The van der Waals surface area contributed by atoms with Gasteiger partial charge >= 0.3 is 5.97 Å². The van der Waals surface area contributed by atoms with Gasteiger partial charge in [-0.3, -0.25) is 4.79 Å². The van der Waals surface area contributed by atoms with Crippen LogP contribution in [0.1, 0.15) is 32.2 Å². The molecule has 116 valence electrons. The highest BCUT2D eigenvalue weighted by atomic mass is 32.1. The van der Waals surface area contributed by atoms with Gasteiger partial charge in [0.15, 0.2) is 5.78 Å². The SMILES string of the molecule is COC(=O)c1ccc(C(=O)C2C(=S)N(C)c3ccccc32)cc1. The van der Waals surface area contributed by atoms with Crippen molar-refractivity contribution < 1.29 is 14.3 Å². The van der Waals surface area contributed by atoms with Gasteiger partial charge in [0.05, 0.1) is 17.7 Å². The van der Waals surface area contributed by atoms with E-state index in [1.54, 1.807) is 24.3 Å². The van der Waals surface area contributed by atoms with Crippen LogP contribution in [0.25, 0.3) is 0 Å². The normalized spacial score (nSPS) is 16.2. The Kier molecular flexibility index (Phi) is 3.96. The molecule has 0 fully saturated rings. The Morgan fingerprint density at radius 1 is 1.04 bits per heavy atom. The molecule has 1 heterocycles. The summed E-state index contributed by atoms with van der Waals surface area (Å²) >= 11 is 5.46. The molecule has 0 spiro atoms. The Bertz CT molecular complexity index is 798. The van der Waals surface area contributed by atoms with E-state index in [-0.39, 0.29) is 5.78 Å². The van der Waals surface area contributed by atoms with Gasteiger partial charge in [0.25, 0.3) is 0 Å². The number of anilines is 1. The molecule has 1 aliphatic rings. The smallest absolute Gasteiger partial charge is 0.337 e. The molecule has 1 atom stereocenters. The molecule has 2 aromatic rings. The van der Waals surface area contributed by atoms with E-state index >= 15 is 0 Å². The predicted molar refractivity (Wildman–Crippen MR) is 92.3 cm³/mol. The summed E-state index contributed by atoms with van der Waals surface area (Å²) in [6, 6.07) is 14.2. The molecule has 0 radical (unpaired) electrons. The van der Waals surface area contributed by atoms with Crippen molar-refractivity contribution in [3.8, 4) is 0 Å². The second kappa shape index (κ2) is 5.93. The summed E-state index contributed by atoms with van der Waals surface area (Å²) in [5.41, 5.74) is 2.81. The van der Waals surface area contributed by atoms with Crippen LogP contribution in [-0.4, -0.2) is 30.9 Å². The highest BCUT2D eigenvalue weighted by molar-refractivity contribution is 7.80. The number of para-hydroxylation sites is 1. The lowest BCUT2D eigenvalue weighted by Crippen LogP contribution is -2.26. The molecule has 3 rings (SSSR count). The van der Waals surface area contributed by atoms with E-state index in [0.717, 1.165) is 11.3 Å². The van der Waals surface area contributed by atoms with Crippen LogP contribution >= 0.6 is 12.2 Å². The summed E-state index contributed by atoms with van der Waals surface area (Å²) in [6.07, 6.45) is 0. The van der Waals surface area contributed by atoms with E-state index in [1.807, 2.05) is 36.2 Å². The van der Waals surface area contributed by atoms with Crippen molar-refractivity contribution in [3.63, 3.8) is 0 Å². The van der Waals surface area contributed by atoms with E-state index in [0.29, 0.717) is 16.1 Å². The van der Waals surface area contributed by atoms with Crippen LogP contribution < -0.4 is 4.90 Å². The minimum Gasteiger partial charge on any atom is -0.465 e. The second-order valence-electron chi connectivity index (χ2n) is 5.32. The zero-order valence-corrected chi connectivity index (χ0v) is 13.6. The lowest BCUT2D eigenvalue weighted by molar-refractivity contribution is 0.0600. The average molecular weight is 325 g/mol. The summed E-state index contributed by atoms with van der Waals surface area (Å²) in [7, 11) is 3.19. The molecular weight excluding hydrogens is 310 g/mol. The van der Waals surface area contributed by atoms with Crippen LogP contribution in [0.2, 0.25) is 0 Å². The number of carbonyl (C=O) groups excluding carboxylic acids is 2. The van der Waals surface area contributed by atoms with Gasteiger partial charge in [-0.15, -0.1) is 0 Å². The molecule has 0 aliphatic carbocycles. The molecule has 0 aromatic heterocycles. The zero-order valence-electron chi connectivity index (χ0n) is 12.8. The van der Waals surface area contributed by atoms with Crippen LogP contribution in [0.4, 0.5) is 5.69 Å². The van der Waals surface area contributed by atoms with E-state index in [4.69, 9.17) is 12.2 Å². The summed E-state index contributed by atoms with van der Waals surface area (Å²) in [5.74, 6) is -0.955. The number of esters is 1. The molecule has 0 bridgehead atoms. The number of likely N-dealkylation sites (N-methyl/N-ethyl adjacent to an activating group) is 1. The van der Waals surface area contributed by atoms with Gasteiger partial charge in [0.1, 0.15) is 5.92 Å². The number of methoxy groups -OCH3 is 1. The van der Waals surface area contributed by atoms with Crippen LogP contribution in [0.3, 0.4) is 0 Å². The molecule has 0 amide bonds. The van der Waals surface area contributed by atoms with Crippen molar-refractivity contribution in [2.45, 2.75) is 5.92 Å². The first-order chi connectivity index (χ1) is 11.0. The molecule has 5 heteroatoms. The molecule has 2 aromatic carbocycles. The first kappa shape index (κ1) is 15.4. The van der Waals surface area contributed by atoms with E-state index in [1.165, 1.54) is 7.11 Å². The molecule has 0 saturated carbocycles. The third-order valence-electron chi connectivity index (χ3n) is 4.04. The maximum atomic E-state index is 12.9. The molecule has 23 heavy (non-hydrogen) atoms. The Morgan fingerprint density at radius 2 is 1.65 bits per heavy atom. The molecule has 1 aliphatic heterocycles. The maximum absolute atomic E-state index is 12.9. The number of carbonyl (C=O) groups is 2. The predicted octanol–water partition coefficient (Wildman–Crippen LogP) is 3.22. The molecule has 1 unspecified atom stereocenters. The van der Waals surface area contributed by atoms with Crippen molar-refractivity contribution in [2.75, 3.05) is 19.1 Å². The fraction of sp³-hybridized carbons (Fsp3) is 0.167. The quantitative estimate of drug-likeness (QED) is 0.493. The number of benzene rings is 2.